The van der Waals surface area contributed by atoms with Crippen LogP contribution >= 0.6 is 15.6 Å². The van der Waals surface area contributed by atoms with Gasteiger partial charge in [-0.15, -0.1) is 0 Å². The molecule has 0 saturated heterocycles. The minimum atomic E-state index is -4.95. The Morgan fingerprint density at radius 3 is 0.681 bits per heavy atom. The normalized spacial score (nSPS) is 14.2. The van der Waals surface area contributed by atoms with Crippen LogP contribution in [0, 0.1) is 23.7 Å². The maximum atomic E-state index is 13.0. The molecule has 540 valence electrons. The van der Waals surface area contributed by atoms with Gasteiger partial charge in [-0.25, -0.2) is 9.13 Å². The van der Waals surface area contributed by atoms with Gasteiger partial charge in [0.1, 0.15) is 19.3 Å². The fourth-order valence-corrected chi connectivity index (χ4v) is 12.4. The Morgan fingerprint density at radius 2 is 0.462 bits per heavy atom. The molecule has 0 aromatic heterocycles. The topological polar surface area (TPSA) is 237 Å². The molecule has 0 rings (SSSR count). The SMILES string of the molecule is CC(C)CCCCCCCCCCCCCCCC(=O)O[C@H](COC(=O)CCCCCCCCCCCCC(C)C)COP(=O)(O)OCC(O)COP(=O)(O)OC[C@@H](COC(=O)CCCCCCCCCC(C)C)OC(=O)CCCCCCCCCCCC(C)C. The Labute approximate surface area is 556 Å². The molecule has 3 unspecified atom stereocenters. The first-order chi connectivity index (χ1) is 43.6. The molecular formula is C72H140O17P2. The first-order valence-electron chi connectivity index (χ1n) is 37.2. The molecule has 91 heavy (non-hydrogen) atoms. The zero-order valence-corrected chi connectivity index (χ0v) is 61.3. The molecule has 0 saturated carbocycles. The Bertz CT molecular complexity index is 1800. The molecule has 0 aliphatic heterocycles. The largest absolute Gasteiger partial charge is 0.472 e. The van der Waals surface area contributed by atoms with E-state index in [4.69, 9.17) is 37.0 Å². The first-order valence-corrected chi connectivity index (χ1v) is 40.2. The third-order valence-electron chi connectivity index (χ3n) is 16.6. The molecule has 17 nitrogen and oxygen atoms in total. The second kappa shape index (κ2) is 61.6. The van der Waals surface area contributed by atoms with E-state index in [1.807, 2.05) is 0 Å². The van der Waals surface area contributed by atoms with Crippen LogP contribution in [0.1, 0.15) is 357 Å². The Kier molecular flexibility index (Phi) is 60.3. The van der Waals surface area contributed by atoms with E-state index >= 15 is 0 Å². The third kappa shape index (κ3) is 66.5. The summed E-state index contributed by atoms with van der Waals surface area (Å²) in [5, 5.41) is 10.6. The van der Waals surface area contributed by atoms with Crippen molar-refractivity contribution in [3.63, 3.8) is 0 Å². The van der Waals surface area contributed by atoms with Crippen molar-refractivity contribution in [3.05, 3.63) is 0 Å². The molecule has 0 aliphatic carbocycles. The van der Waals surface area contributed by atoms with E-state index in [1.54, 1.807) is 0 Å². The molecule has 0 radical (unpaired) electrons. The minimum absolute atomic E-state index is 0.104. The highest BCUT2D eigenvalue weighted by molar-refractivity contribution is 7.47. The zero-order chi connectivity index (χ0) is 67.5. The van der Waals surface area contributed by atoms with Crippen LogP contribution in [0.15, 0.2) is 0 Å². The number of carbonyl (C=O) groups excluding carboxylic acids is 4. The highest BCUT2D eigenvalue weighted by Gasteiger charge is 2.30. The van der Waals surface area contributed by atoms with Crippen molar-refractivity contribution in [1.82, 2.24) is 0 Å². The van der Waals surface area contributed by atoms with Crippen molar-refractivity contribution < 1.29 is 80.2 Å². The summed E-state index contributed by atoms with van der Waals surface area (Å²) >= 11 is 0. The number of hydrogen-bond donors (Lipinski definition) is 3. The fraction of sp³-hybridized carbons (Fsp3) is 0.944. The molecule has 3 N–H and O–H groups in total. The highest BCUT2D eigenvalue weighted by atomic mass is 31.2. The van der Waals surface area contributed by atoms with Crippen LogP contribution in [-0.2, 0) is 65.4 Å². The quantitative estimate of drug-likeness (QED) is 0.0222. The molecule has 19 heteroatoms. The number of phosphoric ester groups is 2. The lowest BCUT2D eigenvalue weighted by atomic mass is 10.0. The fourth-order valence-electron chi connectivity index (χ4n) is 10.8. The van der Waals surface area contributed by atoms with Gasteiger partial charge in [0.25, 0.3) is 0 Å². The number of ether oxygens (including phenoxy) is 4. The summed E-state index contributed by atoms with van der Waals surface area (Å²) in [7, 11) is -9.91. The van der Waals surface area contributed by atoms with Gasteiger partial charge < -0.3 is 33.8 Å². The lowest BCUT2D eigenvalue weighted by Gasteiger charge is -2.21. The van der Waals surface area contributed by atoms with Gasteiger partial charge in [-0.05, 0) is 49.4 Å². The number of rotatable bonds is 69. The van der Waals surface area contributed by atoms with E-state index in [2.05, 4.69) is 55.4 Å². The number of carbonyl (C=O) groups is 4. The van der Waals surface area contributed by atoms with E-state index in [1.165, 1.54) is 154 Å². The summed E-state index contributed by atoms with van der Waals surface area (Å²) in [6.45, 7) is 14.1. The predicted molar refractivity (Wildman–Crippen MR) is 367 cm³/mol. The predicted octanol–water partition coefficient (Wildman–Crippen LogP) is 20.5. The number of aliphatic hydroxyl groups excluding tert-OH is 1. The number of aliphatic hydroxyl groups is 1. The molecule has 0 amide bonds. The van der Waals surface area contributed by atoms with Gasteiger partial charge in [0.15, 0.2) is 12.2 Å². The standard InChI is InChI=1S/C72H140O17P2/c1-62(2)48-40-32-24-17-12-10-9-11-13-21-29-38-46-54-71(76)88-67(58-82-69(74)52-44-36-28-20-15-14-18-25-33-41-49-63(3)4)60-86-90(78,79)84-56-66(73)57-85-91(80,81)87-61-68(59-83-70(75)53-45-37-31-23-27-35-43-51-65(7)8)89-72(77)55-47-39-30-22-16-19-26-34-42-50-64(5)6/h62-68,73H,9-61H2,1-8H3,(H,78,79)(H,80,81)/t66?,67-,68-/m1/s1. The van der Waals surface area contributed by atoms with E-state index in [9.17, 15) is 43.2 Å². The molecule has 0 fully saturated rings. The number of hydrogen-bond acceptors (Lipinski definition) is 15. The second-order valence-electron chi connectivity index (χ2n) is 27.9. The van der Waals surface area contributed by atoms with Crippen LogP contribution in [0.5, 0.6) is 0 Å². The van der Waals surface area contributed by atoms with Crippen LogP contribution < -0.4 is 0 Å². The molecular weight excluding hydrogens is 1200 g/mol. The van der Waals surface area contributed by atoms with Crippen molar-refractivity contribution >= 4 is 39.5 Å². The Morgan fingerprint density at radius 1 is 0.275 bits per heavy atom. The molecule has 0 heterocycles. The molecule has 0 aliphatic rings. The lowest BCUT2D eigenvalue weighted by Crippen LogP contribution is -2.30. The van der Waals surface area contributed by atoms with Gasteiger partial charge in [-0.1, -0.05) is 306 Å². The summed E-state index contributed by atoms with van der Waals surface area (Å²) in [4.78, 5) is 72.6. The summed E-state index contributed by atoms with van der Waals surface area (Å²) in [6, 6.07) is 0. The van der Waals surface area contributed by atoms with Gasteiger partial charge in [-0.3, -0.25) is 37.3 Å². The van der Waals surface area contributed by atoms with Gasteiger partial charge in [0, 0.05) is 25.7 Å². The first kappa shape index (κ1) is 89.1. The van der Waals surface area contributed by atoms with Crippen molar-refractivity contribution in [2.75, 3.05) is 39.6 Å². The number of unbranched alkanes of at least 4 members (excludes halogenated alkanes) is 35. The van der Waals surface area contributed by atoms with Crippen LogP contribution in [-0.4, -0.2) is 96.7 Å². The smallest absolute Gasteiger partial charge is 0.462 e. The zero-order valence-electron chi connectivity index (χ0n) is 59.5. The molecule has 0 spiro atoms. The van der Waals surface area contributed by atoms with Crippen molar-refractivity contribution in [3.8, 4) is 0 Å². The summed E-state index contributed by atoms with van der Waals surface area (Å²) in [5.41, 5.74) is 0. The lowest BCUT2D eigenvalue weighted by molar-refractivity contribution is -0.161. The van der Waals surface area contributed by atoms with E-state index in [0.29, 0.717) is 31.6 Å². The molecule has 5 atom stereocenters. The maximum absolute atomic E-state index is 13.0. The van der Waals surface area contributed by atoms with Gasteiger partial charge in [0.2, 0.25) is 0 Å². The Hall–Kier alpha value is -1.94. The molecule has 0 aromatic carbocycles. The van der Waals surface area contributed by atoms with Gasteiger partial charge >= 0.3 is 39.5 Å². The van der Waals surface area contributed by atoms with Crippen molar-refractivity contribution in [1.29, 1.82) is 0 Å². The maximum Gasteiger partial charge on any atom is 0.472 e. The van der Waals surface area contributed by atoms with E-state index in [0.717, 1.165) is 114 Å². The summed E-state index contributed by atoms with van der Waals surface area (Å²) in [6.07, 6.45) is 44.5. The van der Waals surface area contributed by atoms with Gasteiger partial charge in [-0.2, -0.15) is 0 Å². The average Bonchev–Trinajstić information content (AvgIpc) is 3.00. The van der Waals surface area contributed by atoms with Crippen LogP contribution in [0.3, 0.4) is 0 Å². The molecule has 0 aromatic rings. The van der Waals surface area contributed by atoms with Crippen LogP contribution in [0.25, 0.3) is 0 Å². The van der Waals surface area contributed by atoms with E-state index in [-0.39, 0.29) is 25.7 Å². The van der Waals surface area contributed by atoms with E-state index < -0.39 is 97.5 Å². The van der Waals surface area contributed by atoms with Crippen molar-refractivity contribution in [2.45, 2.75) is 375 Å². The number of esters is 4. The minimum Gasteiger partial charge on any atom is -0.462 e. The Balaban J connectivity index is 5.26. The van der Waals surface area contributed by atoms with Crippen molar-refractivity contribution in [2.24, 2.45) is 23.7 Å². The second-order valence-corrected chi connectivity index (χ2v) is 30.8. The van der Waals surface area contributed by atoms with Gasteiger partial charge in [0.05, 0.1) is 26.4 Å². The monoisotopic (exact) mass is 1340 g/mol. The van der Waals surface area contributed by atoms with Crippen LogP contribution in [0.4, 0.5) is 0 Å². The highest BCUT2D eigenvalue weighted by Crippen LogP contribution is 2.45. The average molecular weight is 1340 g/mol. The summed E-state index contributed by atoms with van der Waals surface area (Å²) in [5.74, 6) is 0.859. The summed E-state index contributed by atoms with van der Waals surface area (Å²) < 4.78 is 68.4. The number of phosphoric acid groups is 2. The molecule has 0 bridgehead atoms. The third-order valence-corrected chi connectivity index (χ3v) is 18.5. The van der Waals surface area contributed by atoms with Crippen LogP contribution in [0.2, 0.25) is 0 Å².